The molecular formula is C29H38FN3O6Si. The number of carbonyl (C=O) groups excluding carboxylic acids is 3. The van der Waals surface area contributed by atoms with E-state index in [9.17, 15) is 24.6 Å². The van der Waals surface area contributed by atoms with Crippen LogP contribution in [-0.2, 0) is 31.3 Å². The molecule has 9 nitrogen and oxygen atoms in total. The second kappa shape index (κ2) is 11.4. The lowest BCUT2D eigenvalue weighted by Crippen LogP contribution is -2.44. The van der Waals surface area contributed by atoms with Crippen LogP contribution in [0.2, 0.25) is 18.6 Å². The smallest absolute Gasteiger partial charge is 0.264 e. The van der Waals surface area contributed by atoms with Gasteiger partial charge in [-0.3, -0.25) is 14.4 Å². The first-order chi connectivity index (χ1) is 18.8. The highest BCUT2D eigenvalue weighted by atomic mass is 28.4. The Morgan fingerprint density at radius 3 is 2.50 bits per heavy atom. The Balaban J connectivity index is 1.70. The summed E-state index contributed by atoms with van der Waals surface area (Å²) < 4.78 is 22.6. The number of amides is 3. The van der Waals surface area contributed by atoms with Crippen LogP contribution >= 0.6 is 0 Å². The lowest BCUT2D eigenvalue weighted by atomic mass is 9.82. The minimum absolute atomic E-state index is 0.110. The number of fused-ring (bicyclic) bond motifs is 2. The molecule has 0 bridgehead atoms. The highest BCUT2D eigenvalue weighted by molar-refractivity contribution is 6.72. The highest BCUT2D eigenvalue weighted by Gasteiger charge is 2.66. The molecule has 1 fully saturated rings. The predicted octanol–water partition coefficient (Wildman–Crippen LogP) is 3.17. The topological polar surface area (TPSA) is 119 Å². The summed E-state index contributed by atoms with van der Waals surface area (Å²) in [6.07, 6.45) is -2.25. The SMILES string of the molecule is C[C@H](O)C(=O)Nc1ccc2c(c1)[C@]1(O[C@@H](CC(=O)N(CCO)Cc3ccccc3)[C@H]([Si](C)(C)F)[C@H]1C)C(=O)N2C. The number of anilines is 2. The molecule has 0 aromatic heterocycles. The van der Waals surface area contributed by atoms with E-state index in [1.165, 1.54) is 16.7 Å². The van der Waals surface area contributed by atoms with Crippen molar-refractivity contribution >= 4 is 37.5 Å². The standard InChI is InChI=1S/C29H38FN3O6Si/c1-18-26(40(4,5)30)24(16-25(36)33(13-14-34)17-20-9-7-6-8-10-20)39-29(18)22-15-21(31-27(37)19(2)35)11-12-23(22)32(3)28(29)38/h6-12,15,18-19,24,26,34-35H,13-14,16-17H2,1-5H3,(H,31,37)/t18-,19+,24+,26-,29+/m1/s1. The molecule has 0 radical (unpaired) electrons. The van der Waals surface area contributed by atoms with Gasteiger partial charge >= 0.3 is 0 Å². The summed E-state index contributed by atoms with van der Waals surface area (Å²) in [7, 11) is -1.86. The van der Waals surface area contributed by atoms with Crippen LogP contribution in [0.3, 0.4) is 0 Å². The Morgan fingerprint density at radius 1 is 1.23 bits per heavy atom. The van der Waals surface area contributed by atoms with Gasteiger partial charge in [0.1, 0.15) is 6.10 Å². The van der Waals surface area contributed by atoms with E-state index >= 15 is 4.11 Å². The Hall–Kier alpha value is -3.12. The van der Waals surface area contributed by atoms with Crippen LogP contribution in [0.5, 0.6) is 0 Å². The summed E-state index contributed by atoms with van der Waals surface area (Å²) in [5.74, 6) is -1.86. The number of carbonyl (C=O) groups is 3. The van der Waals surface area contributed by atoms with Gasteiger partial charge in [-0.1, -0.05) is 37.3 Å². The lowest BCUT2D eigenvalue weighted by Gasteiger charge is -2.31. The molecule has 5 atom stereocenters. The number of aliphatic hydroxyl groups excluding tert-OH is 2. The van der Waals surface area contributed by atoms with Crippen molar-refractivity contribution in [1.82, 2.24) is 4.90 Å². The van der Waals surface area contributed by atoms with Crippen LogP contribution in [-0.4, -0.2) is 73.6 Å². The molecule has 2 aromatic rings. The molecule has 2 heterocycles. The second-order valence-electron chi connectivity index (χ2n) is 11.3. The maximum absolute atomic E-state index is 16.0. The summed E-state index contributed by atoms with van der Waals surface area (Å²) in [6.45, 7) is 6.43. The molecule has 3 N–H and O–H groups in total. The Morgan fingerprint density at radius 2 is 1.90 bits per heavy atom. The minimum atomic E-state index is -3.48. The third kappa shape index (κ3) is 5.43. The van der Waals surface area contributed by atoms with Crippen LogP contribution in [0.15, 0.2) is 48.5 Å². The summed E-state index contributed by atoms with van der Waals surface area (Å²) in [6, 6.07) is 14.3. The van der Waals surface area contributed by atoms with E-state index in [4.69, 9.17) is 4.74 Å². The normalized spacial score (nSPS) is 24.8. The zero-order chi connectivity index (χ0) is 29.4. The predicted molar refractivity (Wildman–Crippen MR) is 152 cm³/mol. The van der Waals surface area contributed by atoms with Crippen molar-refractivity contribution in [2.75, 3.05) is 30.4 Å². The number of ether oxygens (including phenoxy) is 1. The maximum atomic E-state index is 16.0. The number of nitrogens with zero attached hydrogens (tertiary/aromatic N) is 2. The molecule has 2 aliphatic heterocycles. The van der Waals surface area contributed by atoms with Gasteiger partial charge in [-0.25, -0.2) is 0 Å². The summed E-state index contributed by atoms with van der Waals surface area (Å²) >= 11 is 0. The zero-order valence-corrected chi connectivity index (χ0v) is 24.6. The van der Waals surface area contributed by atoms with Gasteiger partial charge in [-0.2, -0.15) is 0 Å². The monoisotopic (exact) mass is 571 g/mol. The number of hydrogen-bond acceptors (Lipinski definition) is 6. The summed E-state index contributed by atoms with van der Waals surface area (Å²) in [5.41, 5.74) is 0.109. The fourth-order valence-corrected chi connectivity index (χ4v) is 8.69. The summed E-state index contributed by atoms with van der Waals surface area (Å²) in [4.78, 5) is 42.6. The molecule has 216 valence electrons. The van der Waals surface area contributed by atoms with Gasteiger partial charge in [-0.05, 0) is 43.8 Å². The molecule has 2 aliphatic rings. The van der Waals surface area contributed by atoms with Gasteiger partial charge < -0.3 is 34.2 Å². The van der Waals surface area contributed by atoms with Crippen molar-refractivity contribution in [3.05, 3.63) is 59.7 Å². The first kappa shape index (κ1) is 29.8. The quantitative estimate of drug-likeness (QED) is 0.314. The fourth-order valence-electron chi connectivity index (χ4n) is 6.20. The van der Waals surface area contributed by atoms with Crippen LogP contribution in [0.1, 0.15) is 31.4 Å². The van der Waals surface area contributed by atoms with Crippen molar-refractivity contribution in [1.29, 1.82) is 0 Å². The lowest BCUT2D eigenvalue weighted by molar-refractivity contribution is -0.149. The van der Waals surface area contributed by atoms with E-state index in [1.54, 1.807) is 45.3 Å². The van der Waals surface area contributed by atoms with Crippen molar-refractivity contribution in [2.24, 2.45) is 5.92 Å². The first-order valence-corrected chi connectivity index (χ1v) is 16.5. The fraction of sp³-hybridized carbons (Fsp3) is 0.483. The Bertz CT molecular complexity index is 1270. The first-order valence-electron chi connectivity index (χ1n) is 13.5. The van der Waals surface area contributed by atoms with Gasteiger partial charge in [-0.15, -0.1) is 0 Å². The van der Waals surface area contributed by atoms with Crippen molar-refractivity contribution in [3.8, 4) is 0 Å². The van der Waals surface area contributed by atoms with Gasteiger partial charge in [0.05, 0.1) is 24.8 Å². The molecule has 0 aliphatic carbocycles. The molecule has 2 aromatic carbocycles. The van der Waals surface area contributed by atoms with E-state index in [-0.39, 0.29) is 37.9 Å². The Labute approximate surface area is 235 Å². The van der Waals surface area contributed by atoms with E-state index in [1.807, 2.05) is 30.3 Å². The minimum Gasteiger partial charge on any atom is -0.395 e. The number of nitrogens with one attached hydrogen (secondary N) is 1. The van der Waals surface area contributed by atoms with E-state index < -0.39 is 43.6 Å². The molecule has 4 rings (SSSR count). The van der Waals surface area contributed by atoms with E-state index in [0.717, 1.165) is 5.56 Å². The van der Waals surface area contributed by atoms with Crippen molar-refractivity contribution in [2.45, 2.75) is 63.3 Å². The second-order valence-corrected chi connectivity index (χ2v) is 15.1. The third-order valence-corrected chi connectivity index (χ3v) is 10.5. The molecular weight excluding hydrogens is 533 g/mol. The van der Waals surface area contributed by atoms with Crippen LogP contribution in [0, 0.1) is 5.92 Å². The number of hydrogen-bond donors (Lipinski definition) is 3. The van der Waals surface area contributed by atoms with Crippen LogP contribution in [0.25, 0.3) is 0 Å². The number of benzene rings is 2. The molecule has 3 amide bonds. The van der Waals surface area contributed by atoms with E-state index in [0.29, 0.717) is 16.9 Å². The molecule has 11 heteroatoms. The van der Waals surface area contributed by atoms with E-state index in [2.05, 4.69) is 5.32 Å². The number of halogens is 1. The summed E-state index contributed by atoms with van der Waals surface area (Å²) in [5, 5.41) is 21.9. The zero-order valence-electron chi connectivity index (χ0n) is 23.6. The third-order valence-electron chi connectivity index (χ3n) is 8.05. The van der Waals surface area contributed by atoms with Gasteiger partial charge in [0, 0.05) is 42.8 Å². The highest BCUT2D eigenvalue weighted by Crippen LogP contribution is 2.60. The average Bonchev–Trinajstić information content (AvgIpc) is 3.30. The van der Waals surface area contributed by atoms with Gasteiger partial charge in [0.2, 0.25) is 14.3 Å². The van der Waals surface area contributed by atoms with Crippen molar-refractivity contribution in [3.63, 3.8) is 0 Å². The average molecular weight is 572 g/mol. The van der Waals surface area contributed by atoms with Crippen LogP contribution in [0.4, 0.5) is 15.5 Å². The number of likely N-dealkylation sites (N-methyl/N-ethyl adjacent to an activating group) is 1. The van der Waals surface area contributed by atoms with Gasteiger partial charge in [0.15, 0.2) is 5.60 Å². The van der Waals surface area contributed by atoms with Crippen LogP contribution < -0.4 is 10.2 Å². The molecule has 1 spiro atoms. The van der Waals surface area contributed by atoms with Crippen molar-refractivity contribution < 1.29 is 33.4 Å². The maximum Gasteiger partial charge on any atom is 0.264 e. The Kier molecular flexibility index (Phi) is 8.51. The number of aliphatic hydroxyl groups is 2. The molecule has 40 heavy (non-hydrogen) atoms. The largest absolute Gasteiger partial charge is 0.395 e. The number of rotatable bonds is 9. The molecule has 0 saturated carbocycles. The molecule has 0 unspecified atom stereocenters. The molecule has 1 saturated heterocycles. The van der Waals surface area contributed by atoms with Gasteiger partial charge in [0.25, 0.3) is 11.8 Å².